The summed E-state index contributed by atoms with van der Waals surface area (Å²) in [4.78, 5) is 34.1. The van der Waals surface area contributed by atoms with Gasteiger partial charge in [-0.2, -0.15) is 0 Å². The molecule has 5 aromatic rings. The molecule has 1 saturated carbocycles. The van der Waals surface area contributed by atoms with Gasteiger partial charge in [-0.25, -0.2) is 0 Å². The van der Waals surface area contributed by atoms with Gasteiger partial charge in [0.1, 0.15) is 5.75 Å². The number of amides is 2. The molecule has 5 aromatic carbocycles. The molecular weight excluding hydrogens is 552 g/mol. The van der Waals surface area contributed by atoms with Crippen molar-refractivity contribution in [1.82, 2.24) is 4.90 Å². The predicted molar refractivity (Wildman–Crippen MR) is 159 cm³/mol. The fourth-order valence-corrected chi connectivity index (χ4v) is 6.86. The second kappa shape index (κ2) is 9.31. The van der Waals surface area contributed by atoms with Crippen molar-refractivity contribution in [3.8, 4) is 5.75 Å². The summed E-state index contributed by atoms with van der Waals surface area (Å²) in [5.74, 6) is -0.332. The Kier molecular flexibility index (Phi) is 5.74. The molecule has 2 atom stereocenters. The van der Waals surface area contributed by atoms with Crippen LogP contribution < -0.4 is 0 Å². The van der Waals surface area contributed by atoms with Gasteiger partial charge in [0.05, 0.1) is 12.1 Å². The molecule has 1 heterocycles. The van der Waals surface area contributed by atoms with Crippen molar-refractivity contribution in [3.05, 3.63) is 100 Å². The molecule has 1 fully saturated rings. The summed E-state index contributed by atoms with van der Waals surface area (Å²) >= 11 is 3.56. The molecule has 0 saturated heterocycles. The number of hydrogen-bond donors (Lipinski definition) is 1. The maximum Gasteiger partial charge on any atom is 0.261 e. The summed E-state index contributed by atoms with van der Waals surface area (Å²) in [6.07, 6.45) is 5.11. The Bertz CT molecular complexity index is 1840. The Hall–Kier alpha value is -4.03. The zero-order valence-corrected chi connectivity index (χ0v) is 22.7. The maximum atomic E-state index is 13.8. The van der Waals surface area contributed by atoms with E-state index in [1.54, 1.807) is 18.3 Å². The minimum atomic E-state index is -0.351. The highest BCUT2D eigenvalue weighted by atomic mass is 79.9. The first-order chi connectivity index (χ1) is 19.0. The molecule has 2 aliphatic rings. The second-order valence-electron chi connectivity index (χ2n) is 10.4. The third-order valence-corrected chi connectivity index (χ3v) is 8.94. The molecule has 5 nitrogen and oxygen atoms in total. The van der Waals surface area contributed by atoms with Gasteiger partial charge >= 0.3 is 0 Å². The van der Waals surface area contributed by atoms with Crippen LogP contribution >= 0.6 is 15.9 Å². The Morgan fingerprint density at radius 2 is 1.36 bits per heavy atom. The lowest BCUT2D eigenvalue weighted by atomic mass is 9.86. The largest absolute Gasteiger partial charge is 0.507 e. The van der Waals surface area contributed by atoms with Gasteiger partial charge in [-0.05, 0) is 52.6 Å². The number of aromatic hydroxyl groups is 1. The highest BCUT2D eigenvalue weighted by molar-refractivity contribution is 9.10. The molecule has 2 amide bonds. The summed E-state index contributed by atoms with van der Waals surface area (Å²) in [6, 6.07) is 24.5. The van der Waals surface area contributed by atoms with Gasteiger partial charge in [-0.15, -0.1) is 0 Å². The Labute approximate surface area is 233 Å². The van der Waals surface area contributed by atoms with Gasteiger partial charge in [0.25, 0.3) is 11.8 Å². The number of hydrogen-bond acceptors (Lipinski definition) is 4. The van der Waals surface area contributed by atoms with Crippen molar-refractivity contribution in [1.29, 1.82) is 0 Å². The molecule has 0 bridgehead atoms. The lowest BCUT2D eigenvalue weighted by Gasteiger charge is -2.39. The van der Waals surface area contributed by atoms with Gasteiger partial charge in [-0.3, -0.25) is 19.5 Å². The number of carbonyl (C=O) groups is 2. The quantitative estimate of drug-likeness (QED) is 0.136. The normalized spacial score (nSPS) is 19.6. The summed E-state index contributed by atoms with van der Waals surface area (Å²) in [7, 11) is 0. The molecule has 192 valence electrons. The second-order valence-corrected chi connectivity index (χ2v) is 11.2. The molecule has 39 heavy (non-hydrogen) atoms. The lowest BCUT2D eigenvalue weighted by Crippen LogP contribution is -2.52. The van der Waals surface area contributed by atoms with Crippen LogP contribution in [0.15, 0.2) is 88.3 Å². The molecule has 0 aromatic heterocycles. The summed E-state index contributed by atoms with van der Waals surface area (Å²) in [6.45, 7) is 0. The van der Waals surface area contributed by atoms with E-state index in [0.717, 1.165) is 50.7 Å². The fraction of sp³-hybridized carbons (Fsp3) is 0.182. The molecule has 1 aliphatic carbocycles. The molecule has 0 unspecified atom stereocenters. The van der Waals surface area contributed by atoms with Crippen LogP contribution in [-0.2, 0) is 0 Å². The van der Waals surface area contributed by atoms with Gasteiger partial charge in [0, 0.05) is 38.2 Å². The smallest absolute Gasteiger partial charge is 0.261 e. The topological polar surface area (TPSA) is 70.0 Å². The number of benzene rings is 5. The van der Waals surface area contributed by atoms with Gasteiger partial charge < -0.3 is 5.11 Å². The number of imide groups is 1. The van der Waals surface area contributed by atoms with Crippen LogP contribution in [0.3, 0.4) is 0 Å². The van der Waals surface area contributed by atoms with Crippen LogP contribution in [-0.4, -0.2) is 40.1 Å². The van der Waals surface area contributed by atoms with E-state index in [1.165, 1.54) is 4.90 Å². The van der Waals surface area contributed by atoms with Crippen LogP contribution in [0.2, 0.25) is 0 Å². The number of phenols is 1. The highest BCUT2D eigenvalue weighted by Gasteiger charge is 2.41. The first-order valence-electron chi connectivity index (χ1n) is 13.3. The minimum absolute atomic E-state index is 0.191. The van der Waals surface area contributed by atoms with Crippen molar-refractivity contribution in [2.24, 2.45) is 4.99 Å². The zero-order valence-electron chi connectivity index (χ0n) is 21.1. The van der Waals surface area contributed by atoms with E-state index in [1.807, 2.05) is 60.7 Å². The minimum Gasteiger partial charge on any atom is -0.507 e. The van der Waals surface area contributed by atoms with E-state index in [0.29, 0.717) is 28.5 Å². The fourth-order valence-electron chi connectivity index (χ4n) is 6.40. The molecule has 1 N–H and O–H groups in total. The Balaban J connectivity index is 1.31. The third kappa shape index (κ3) is 3.69. The van der Waals surface area contributed by atoms with Gasteiger partial charge in [-0.1, -0.05) is 89.4 Å². The first-order valence-corrected chi connectivity index (χ1v) is 14.1. The van der Waals surface area contributed by atoms with Crippen LogP contribution in [0.4, 0.5) is 0 Å². The van der Waals surface area contributed by atoms with E-state index >= 15 is 0 Å². The lowest BCUT2D eigenvalue weighted by molar-refractivity contribution is 0.0481. The van der Waals surface area contributed by atoms with E-state index in [-0.39, 0.29) is 29.6 Å². The predicted octanol–water partition coefficient (Wildman–Crippen LogP) is 7.64. The molecule has 0 radical (unpaired) electrons. The number of carbonyl (C=O) groups excluding carboxylic acids is 2. The number of aliphatic imine (C=N–C) groups is 1. The summed E-state index contributed by atoms with van der Waals surface area (Å²) in [5, 5.41) is 16.6. The van der Waals surface area contributed by atoms with E-state index < -0.39 is 0 Å². The van der Waals surface area contributed by atoms with Crippen LogP contribution in [0.25, 0.3) is 32.3 Å². The molecule has 0 spiro atoms. The van der Waals surface area contributed by atoms with Crippen LogP contribution in [0.1, 0.15) is 52.0 Å². The van der Waals surface area contributed by atoms with Gasteiger partial charge in [0.2, 0.25) is 0 Å². The van der Waals surface area contributed by atoms with Crippen LogP contribution in [0.5, 0.6) is 5.75 Å². The van der Waals surface area contributed by atoms with Crippen molar-refractivity contribution in [2.75, 3.05) is 0 Å². The van der Waals surface area contributed by atoms with Crippen molar-refractivity contribution >= 4 is 66.3 Å². The SMILES string of the molecule is O=C1c2cccc3c(Br)ccc(c23)C(=O)N1[C@@H]1CCCC[C@H]1N=Cc1c(O)c2ccccc2c2ccccc12. The molecular formula is C33H25BrN2O3. The average molecular weight is 577 g/mol. The van der Waals surface area contributed by atoms with Crippen LogP contribution in [0, 0.1) is 0 Å². The first kappa shape index (κ1) is 24.0. The molecule has 6 heteroatoms. The maximum absolute atomic E-state index is 13.8. The summed E-state index contributed by atoms with van der Waals surface area (Å²) < 4.78 is 0.861. The van der Waals surface area contributed by atoms with Crippen molar-refractivity contribution in [3.63, 3.8) is 0 Å². The summed E-state index contributed by atoms with van der Waals surface area (Å²) in [5.41, 5.74) is 1.76. The van der Waals surface area contributed by atoms with E-state index in [4.69, 9.17) is 4.99 Å². The van der Waals surface area contributed by atoms with Crippen molar-refractivity contribution < 1.29 is 14.7 Å². The average Bonchev–Trinajstić information content (AvgIpc) is 2.97. The number of nitrogens with zero attached hydrogens (tertiary/aromatic N) is 2. The number of halogens is 1. The van der Waals surface area contributed by atoms with E-state index in [9.17, 15) is 14.7 Å². The number of rotatable bonds is 3. The Morgan fingerprint density at radius 1 is 0.744 bits per heavy atom. The highest BCUT2D eigenvalue weighted by Crippen LogP contribution is 2.39. The Morgan fingerprint density at radius 3 is 2.13 bits per heavy atom. The third-order valence-electron chi connectivity index (χ3n) is 8.25. The van der Waals surface area contributed by atoms with Crippen molar-refractivity contribution in [2.45, 2.75) is 37.8 Å². The number of phenolic OH excluding ortho intramolecular Hbond substituents is 1. The molecule has 7 rings (SSSR count). The zero-order chi connectivity index (χ0) is 26.7. The van der Waals surface area contributed by atoms with Gasteiger partial charge in [0.15, 0.2) is 0 Å². The molecule has 1 aliphatic heterocycles. The standard InChI is InChI=1S/C33H25BrN2O3/c34-27-17-16-25-30-23(27)12-7-13-24(30)32(38)36(33(25)39)29-15-6-5-14-28(29)35-18-26-21-10-2-1-8-19(21)20-9-3-4-11-22(20)31(26)37/h1-4,7-13,16-18,28-29,37H,5-6,14-15H2/t28-,29-/m1/s1. The van der Waals surface area contributed by atoms with E-state index in [2.05, 4.69) is 22.0 Å². The monoisotopic (exact) mass is 576 g/mol. The number of fused-ring (bicyclic) bond motifs is 3.